The fourth-order valence-corrected chi connectivity index (χ4v) is 4.81. The zero-order chi connectivity index (χ0) is 17.4. The molecule has 1 saturated carbocycles. The lowest BCUT2D eigenvalue weighted by molar-refractivity contribution is -0.148. The Balaban J connectivity index is 1.53. The quantitative estimate of drug-likeness (QED) is 0.792. The second-order valence-electron chi connectivity index (χ2n) is 8.08. The highest BCUT2D eigenvalue weighted by atomic mass is 16.5. The van der Waals surface area contributed by atoms with E-state index in [1.807, 2.05) is 18.2 Å². The first-order chi connectivity index (χ1) is 12.1. The molecular formula is C21H27NO3. The third-order valence-corrected chi connectivity index (χ3v) is 6.56. The highest BCUT2D eigenvalue weighted by Gasteiger charge is 2.46. The molecule has 1 heterocycles. The summed E-state index contributed by atoms with van der Waals surface area (Å²) in [5.74, 6) is 0.828. The number of likely N-dealkylation sites (tertiary alicyclic amines) is 1. The fraction of sp³-hybridized carbons (Fsp3) is 0.619. The van der Waals surface area contributed by atoms with Gasteiger partial charge in [-0.3, -0.25) is 4.79 Å². The third-order valence-electron chi connectivity index (χ3n) is 6.56. The van der Waals surface area contributed by atoms with Crippen molar-refractivity contribution in [3.8, 4) is 0 Å². The smallest absolute Gasteiger partial charge is 0.337 e. The summed E-state index contributed by atoms with van der Waals surface area (Å²) >= 11 is 0. The summed E-state index contributed by atoms with van der Waals surface area (Å²) in [7, 11) is 1.41. The molecule has 1 amide bonds. The van der Waals surface area contributed by atoms with Crippen LogP contribution in [0.3, 0.4) is 0 Å². The Morgan fingerprint density at radius 3 is 2.80 bits per heavy atom. The second-order valence-corrected chi connectivity index (χ2v) is 8.08. The lowest BCUT2D eigenvalue weighted by Crippen LogP contribution is -2.52. The van der Waals surface area contributed by atoms with Gasteiger partial charge in [-0.25, -0.2) is 4.79 Å². The summed E-state index contributed by atoms with van der Waals surface area (Å²) in [5.41, 5.74) is 2.84. The maximum Gasteiger partial charge on any atom is 0.337 e. The van der Waals surface area contributed by atoms with E-state index in [1.54, 1.807) is 0 Å². The van der Waals surface area contributed by atoms with Crippen molar-refractivity contribution in [1.29, 1.82) is 0 Å². The number of benzene rings is 1. The van der Waals surface area contributed by atoms with Gasteiger partial charge >= 0.3 is 5.97 Å². The van der Waals surface area contributed by atoms with Gasteiger partial charge in [0.2, 0.25) is 5.91 Å². The van der Waals surface area contributed by atoms with Crippen LogP contribution in [0.25, 0.3) is 0 Å². The van der Waals surface area contributed by atoms with Gasteiger partial charge in [-0.15, -0.1) is 0 Å². The average Bonchev–Trinajstić information content (AvgIpc) is 2.60. The highest BCUT2D eigenvalue weighted by Crippen LogP contribution is 2.44. The molecule has 1 aromatic rings. The Morgan fingerprint density at radius 1 is 1.24 bits per heavy atom. The van der Waals surface area contributed by atoms with E-state index in [0.29, 0.717) is 11.5 Å². The number of esters is 1. The van der Waals surface area contributed by atoms with Gasteiger partial charge in [0, 0.05) is 13.1 Å². The zero-order valence-corrected chi connectivity index (χ0v) is 15.1. The molecule has 134 valence electrons. The molecule has 4 heteroatoms. The molecule has 2 aliphatic carbocycles. The van der Waals surface area contributed by atoms with Gasteiger partial charge < -0.3 is 9.64 Å². The van der Waals surface area contributed by atoms with Gasteiger partial charge in [0.05, 0.1) is 18.1 Å². The summed E-state index contributed by atoms with van der Waals surface area (Å²) in [6.07, 6.45) is 8.64. The lowest BCUT2D eigenvalue weighted by atomic mass is 9.66. The summed E-state index contributed by atoms with van der Waals surface area (Å²) in [6.45, 7) is 1.90. The van der Waals surface area contributed by atoms with Crippen molar-refractivity contribution >= 4 is 11.9 Å². The minimum atomic E-state index is -0.288. The molecule has 4 nitrogen and oxygen atoms in total. The maximum absolute atomic E-state index is 13.3. The Hall–Kier alpha value is -1.84. The summed E-state index contributed by atoms with van der Waals surface area (Å²) in [6, 6.07) is 5.82. The molecule has 4 rings (SSSR count). The van der Waals surface area contributed by atoms with Crippen LogP contribution in [-0.4, -0.2) is 37.0 Å². The van der Waals surface area contributed by atoms with Gasteiger partial charge in [-0.1, -0.05) is 12.5 Å². The largest absolute Gasteiger partial charge is 0.465 e. The van der Waals surface area contributed by atoms with E-state index < -0.39 is 0 Å². The number of hydrogen-bond acceptors (Lipinski definition) is 3. The fourth-order valence-electron chi connectivity index (χ4n) is 4.81. The minimum Gasteiger partial charge on any atom is -0.465 e. The number of rotatable bonds is 3. The number of methoxy groups -OCH3 is 1. The van der Waals surface area contributed by atoms with Gasteiger partial charge in [0.15, 0.2) is 0 Å². The van der Waals surface area contributed by atoms with Gasteiger partial charge in [-0.2, -0.15) is 0 Å². The Kier molecular flexibility index (Phi) is 4.30. The molecule has 3 aliphatic rings. The first-order valence-electron chi connectivity index (χ1n) is 9.61. The third kappa shape index (κ3) is 2.96. The molecule has 0 N–H and O–H groups in total. The van der Waals surface area contributed by atoms with Crippen LogP contribution >= 0.6 is 0 Å². The number of hydrogen-bond donors (Lipinski definition) is 0. The maximum atomic E-state index is 13.3. The van der Waals surface area contributed by atoms with Crippen molar-refractivity contribution in [3.05, 3.63) is 34.9 Å². The zero-order valence-electron chi connectivity index (χ0n) is 15.1. The molecule has 1 aromatic carbocycles. The minimum absolute atomic E-state index is 0.207. The number of carbonyl (C=O) groups is 2. The molecule has 0 unspecified atom stereocenters. The van der Waals surface area contributed by atoms with Crippen molar-refractivity contribution in [2.24, 2.45) is 11.3 Å². The summed E-state index contributed by atoms with van der Waals surface area (Å²) in [4.78, 5) is 27.2. The van der Waals surface area contributed by atoms with Crippen LogP contribution in [-0.2, 0) is 22.4 Å². The number of amides is 1. The first-order valence-corrected chi connectivity index (χ1v) is 9.61. The number of ether oxygens (including phenoxy) is 1. The van der Waals surface area contributed by atoms with Crippen molar-refractivity contribution in [1.82, 2.24) is 4.90 Å². The standard InChI is InChI=1S/C21H27NO3/c1-25-19(23)17-6-7-18-13-21(10-8-16(18)12-17)9-3-11-22(20(21)24)14-15-4-2-5-15/h6-7,12,15H,2-5,8-11,13-14H2,1H3/t21-/m1/s1. The first kappa shape index (κ1) is 16.6. The van der Waals surface area contributed by atoms with E-state index in [9.17, 15) is 9.59 Å². The second kappa shape index (κ2) is 6.47. The molecule has 25 heavy (non-hydrogen) atoms. The molecule has 0 bridgehead atoms. The number of carbonyl (C=O) groups excluding carboxylic acids is 2. The molecule has 0 radical (unpaired) electrons. The predicted octanol–water partition coefficient (Wildman–Crippen LogP) is 3.37. The molecule has 0 aromatic heterocycles. The Bertz CT molecular complexity index is 694. The van der Waals surface area contributed by atoms with Crippen molar-refractivity contribution < 1.29 is 14.3 Å². The van der Waals surface area contributed by atoms with Gasteiger partial charge in [-0.05, 0) is 74.1 Å². The van der Waals surface area contributed by atoms with E-state index in [-0.39, 0.29) is 11.4 Å². The SMILES string of the molecule is COC(=O)c1ccc2c(c1)CC[C@]1(CCCN(CC3CCC3)C1=O)C2. The average molecular weight is 341 g/mol. The van der Waals surface area contributed by atoms with E-state index in [4.69, 9.17) is 4.74 Å². The monoisotopic (exact) mass is 341 g/mol. The molecule has 1 aliphatic heterocycles. The van der Waals surface area contributed by atoms with E-state index >= 15 is 0 Å². The van der Waals surface area contributed by atoms with Crippen LogP contribution in [0.15, 0.2) is 18.2 Å². The molecular weight excluding hydrogens is 314 g/mol. The van der Waals surface area contributed by atoms with Crippen LogP contribution < -0.4 is 0 Å². The molecule has 1 spiro atoms. The number of piperidine rings is 1. The normalized spacial score (nSPS) is 26.3. The van der Waals surface area contributed by atoms with Crippen LogP contribution in [0, 0.1) is 11.3 Å². The number of fused-ring (bicyclic) bond motifs is 1. The lowest BCUT2D eigenvalue weighted by Gasteiger charge is -2.46. The molecule has 1 saturated heterocycles. The summed E-state index contributed by atoms with van der Waals surface area (Å²) in [5, 5.41) is 0. The van der Waals surface area contributed by atoms with Crippen LogP contribution in [0.5, 0.6) is 0 Å². The van der Waals surface area contributed by atoms with Crippen molar-refractivity contribution in [2.45, 2.75) is 51.4 Å². The van der Waals surface area contributed by atoms with E-state index in [2.05, 4.69) is 4.90 Å². The van der Waals surface area contributed by atoms with Gasteiger partial charge in [0.1, 0.15) is 0 Å². The van der Waals surface area contributed by atoms with E-state index in [0.717, 1.165) is 51.1 Å². The van der Waals surface area contributed by atoms with E-state index in [1.165, 1.54) is 37.5 Å². The van der Waals surface area contributed by atoms with Crippen LogP contribution in [0.1, 0.15) is 60.0 Å². The Morgan fingerprint density at radius 2 is 2.08 bits per heavy atom. The van der Waals surface area contributed by atoms with Crippen LogP contribution in [0.4, 0.5) is 0 Å². The van der Waals surface area contributed by atoms with Crippen LogP contribution in [0.2, 0.25) is 0 Å². The molecule has 2 fully saturated rings. The van der Waals surface area contributed by atoms with Crippen molar-refractivity contribution in [2.75, 3.05) is 20.2 Å². The van der Waals surface area contributed by atoms with Gasteiger partial charge in [0.25, 0.3) is 0 Å². The topological polar surface area (TPSA) is 46.6 Å². The van der Waals surface area contributed by atoms with Crippen molar-refractivity contribution in [3.63, 3.8) is 0 Å². The number of aryl methyl sites for hydroxylation is 1. The number of nitrogens with zero attached hydrogens (tertiary/aromatic N) is 1. The highest BCUT2D eigenvalue weighted by molar-refractivity contribution is 5.90. The predicted molar refractivity (Wildman–Crippen MR) is 95.4 cm³/mol. The Labute approximate surface area is 149 Å². The summed E-state index contributed by atoms with van der Waals surface area (Å²) < 4.78 is 4.82. The molecule has 1 atom stereocenters.